The van der Waals surface area contributed by atoms with Crippen molar-refractivity contribution in [3.63, 3.8) is 0 Å². The molecule has 0 aromatic carbocycles. The molecule has 1 saturated carbocycles. The van der Waals surface area contributed by atoms with E-state index >= 15 is 0 Å². The van der Waals surface area contributed by atoms with Crippen LogP contribution < -0.4 is 10.6 Å². The molecule has 154 valence electrons. The van der Waals surface area contributed by atoms with Crippen LogP contribution in [0.3, 0.4) is 0 Å². The third-order valence-corrected chi connectivity index (χ3v) is 5.84. The molecule has 1 aliphatic heterocycles. The summed E-state index contributed by atoms with van der Waals surface area (Å²) in [6.45, 7) is 2.15. The first kappa shape index (κ1) is 19.6. The topological polar surface area (TPSA) is 103 Å². The van der Waals surface area contributed by atoms with Crippen molar-refractivity contribution in [2.75, 3.05) is 13.1 Å². The second-order valence-corrected chi connectivity index (χ2v) is 8.04. The monoisotopic (exact) mass is 396 g/mol. The number of nitrogens with one attached hydrogen (secondary N) is 3. The molecule has 2 atom stereocenters. The average molecular weight is 396 g/mol. The summed E-state index contributed by atoms with van der Waals surface area (Å²) in [4.78, 5) is 37.9. The van der Waals surface area contributed by atoms with Crippen LogP contribution in [0.25, 0.3) is 0 Å². The van der Waals surface area contributed by atoms with Crippen LogP contribution in [0.1, 0.15) is 48.2 Å². The fourth-order valence-electron chi connectivity index (χ4n) is 4.02. The Kier molecular flexibility index (Phi) is 6.19. The Hall–Kier alpha value is -2.74. The lowest BCUT2D eigenvalue weighted by molar-refractivity contribution is -0.122. The number of nitrogens with zero attached hydrogens (tertiary/aromatic N) is 3. The Morgan fingerprint density at radius 3 is 2.59 bits per heavy atom. The van der Waals surface area contributed by atoms with Crippen LogP contribution in [0, 0.1) is 5.92 Å². The molecule has 2 aliphatic rings. The van der Waals surface area contributed by atoms with Gasteiger partial charge in [-0.1, -0.05) is 0 Å². The van der Waals surface area contributed by atoms with Crippen molar-refractivity contribution in [1.82, 2.24) is 30.5 Å². The van der Waals surface area contributed by atoms with Gasteiger partial charge in [-0.25, -0.2) is 4.98 Å². The zero-order chi connectivity index (χ0) is 20.1. The lowest BCUT2D eigenvalue weighted by atomic mass is 10.1. The van der Waals surface area contributed by atoms with E-state index in [9.17, 15) is 9.59 Å². The number of carbonyl (C=O) groups excluding carboxylic acids is 2. The van der Waals surface area contributed by atoms with Crippen LogP contribution in [0.5, 0.6) is 0 Å². The number of aromatic amines is 1. The summed E-state index contributed by atoms with van der Waals surface area (Å²) >= 11 is 0. The molecular weight excluding hydrogens is 368 g/mol. The van der Waals surface area contributed by atoms with Gasteiger partial charge in [0.1, 0.15) is 5.69 Å². The molecule has 3 N–H and O–H groups in total. The molecule has 2 aromatic heterocycles. The number of aromatic nitrogens is 3. The maximum Gasteiger partial charge on any atom is 0.269 e. The van der Waals surface area contributed by atoms with Gasteiger partial charge in [0.05, 0.1) is 12.5 Å². The Morgan fingerprint density at radius 1 is 1.07 bits per heavy atom. The second-order valence-electron chi connectivity index (χ2n) is 8.04. The molecule has 1 aliphatic carbocycles. The minimum absolute atomic E-state index is 0.0785. The van der Waals surface area contributed by atoms with Crippen molar-refractivity contribution in [2.45, 2.75) is 50.7 Å². The first-order valence-corrected chi connectivity index (χ1v) is 10.4. The van der Waals surface area contributed by atoms with Crippen molar-refractivity contribution >= 4 is 11.8 Å². The highest BCUT2D eigenvalue weighted by Crippen LogP contribution is 2.35. The zero-order valence-electron chi connectivity index (χ0n) is 16.5. The third-order valence-electron chi connectivity index (χ3n) is 5.84. The smallest absolute Gasteiger partial charge is 0.269 e. The Balaban J connectivity index is 1.29. The van der Waals surface area contributed by atoms with Gasteiger partial charge in [0.25, 0.3) is 5.91 Å². The summed E-state index contributed by atoms with van der Waals surface area (Å²) < 4.78 is 0. The van der Waals surface area contributed by atoms with E-state index in [4.69, 9.17) is 0 Å². The quantitative estimate of drug-likeness (QED) is 0.596. The van der Waals surface area contributed by atoms with Gasteiger partial charge in [0, 0.05) is 50.5 Å². The maximum absolute atomic E-state index is 12.5. The van der Waals surface area contributed by atoms with Gasteiger partial charge in [0.2, 0.25) is 5.91 Å². The van der Waals surface area contributed by atoms with Crippen LogP contribution in [-0.2, 0) is 11.3 Å². The van der Waals surface area contributed by atoms with Crippen LogP contribution in [0.15, 0.2) is 37.1 Å². The Labute approximate surface area is 170 Å². The van der Waals surface area contributed by atoms with Gasteiger partial charge < -0.3 is 15.6 Å². The average Bonchev–Trinajstić information content (AvgIpc) is 3.23. The summed E-state index contributed by atoms with van der Waals surface area (Å²) in [6.07, 6.45) is 11.5. The van der Waals surface area contributed by atoms with Gasteiger partial charge in [-0.3, -0.25) is 19.5 Å². The molecule has 29 heavy (non-hydrogen) atoms. The molecule has 0 spiro atoms. The van der Waals surface area contributed by atoms with E-state index < -0.39 is 0 Å². The standard InChI is InChI=1S/C21H28N6O2/c28-20(24-10-15-5-7-22-8-6-15)9-17-3-4-18(27(17)13-16-1-2-16)11-25-21(29)19-12-23-14-26-19/h5-8,12,14,16-18H,1-4,9-11,13H2,(H,23,26)(H,24,28)(H,25,29)/t17-,18+/m1/s1. The number of likely N-dealkylation sites (tertiary alicyclic amines) is 1. The van der Waals surface area contributed by atoms with Crippen molar-refractivity contribution in [3.8, 4) is 0 Å². The summed E-state index contributed by atoms with van der Waals surface area (Å²) in [5.41, 5.74) is 1.53. The number of amides is 2. The van der Waals surface area contributed by atoms with Crippen LogP contribution >= 0.6 is 0 Å². The van der Waals surface area contributed by atoms with E-state index in [-0.39, 0.29) is 23.9 Å². The van der Waals surface area contributed by atoms with Gasteiger partial charge >= 0.3 is 0 Å². The summed E-state index contributed by atoms with van der Waals surface area (Å²) in [5.74, 6) is 0.684. The fourth-order valence-corrected chi connectivity index (χ4v) is 4.02. The van der Waals surface area contributed by atoms with E-state index in [2.05, 4.69) is 30.5 Å². The second kappa shape index (κ2) is 9.17. The van der Waals surface area contributed by atoms with Crippen molar-refractivity contribution in [1.29, 1.82) is 0 Å². The van der Waals surface area contributed by atoms with Gasteiger partial charge in [0.15, 0.2) is 0 Å². The fraction of sp³-hybridized carbons (Fsp3) is 0.524. The third kappa shape index (κ3) is 5.41. The highest BCUT2D eigenvalue weighted by Gasteiger charge is 2.38. The number of H-pyrrole nitrogens is 1. The number of pyridine rings is 1. The largest absolute Gasteiger partial charge is 0.352 e. The van der Waals surface area contributed by atoms with Crippen molar-refractivity contribution in [3.05, 3.63) is 48.3 Å². The van der Waals surface area contributed by atoms with Crippen LogP contribution in [-0.4, -0.2) is 56.8 Å². The maximum atomic E-state index is 12.5. The molecule has 0 bridgehead atoms. The molecule has 8 heteroatoms. The molecule has 8 nitrogen and oxygen atoms in total. The molecule has 3 heterocycles. The van der Waals surface area contributed by atoms with Gasteiger partial charge in [-0.2, -0.15) is 0 Å². The minimum atomic E-state index is -0.132. The molecule has 2 aromatic rings. The van der Waals surface area contributed by atoms with E-state index in [1.54, 1.807) is 12.4 Å². The van der Waals surface area contributed by atoms with E-state index in [0.717, 1.165) is 30.9 Å². The first-order chi connectivity index (χ1) is 14.2. The highest BCUT2D eigenvalue weighted by atomic mass is 16.2. The number of imidazole rings is 1. The van der Waals surface area contributed by atoms with Crippen molar-refractivity contribution in [2.24, 2.45) is 5.92 Å². The van der Waals surface area contributed by atoms with Gasteiger partial charge in [-0.05, 0) is 49.3 Å². The predicted octanol–water partition coefficient (Wildman–Crippen LogP) is 1.48. The molecule has 0 radical (unpaired) electrons. The van der Waals surface area contributed by atoms with Crippen molar-refractivity contribution < 1.29 is 9.59 Å². The normalized spacial score (nSPS) is 21.8. The summed E-state index contributed by atoms with van der Waals surface area (Å²) in [7, 11) is 0. The Morgan fingerprint density at radius 2 is 1.86 bits per heavy atom. The van der Waals surface area contributed by atoms with Crippen LogP contribution in [0.2, 0.25) is 0 Å². The minimum Gasteiger partial charge on any atom is -0.352 e. The molecule has 0 unspecified atom stereocenters. The lowest BCUT2D eigenvalue weighted by Crippen LogP contribution is -2.45. The predicted molar refractivity (Wildman–Crippen MR) is 108 cm³/mol. The molecule has 1 saturated heterocycles. The number of hydrogen-bond donors (Lipinski definition) is 3. The SMILES string of the molecule is O=C(C[C@H]1CC[C@@H](CNC(=O)c2cnc[nH]2)N1CC1CC1)NCc1ccncc1. The summed E-state index contributed by atoms with van der Waals surface area (Å²) in [6, 6.07) is 4.34. The summed E-state index contributed by atoms with van der Waals surface area (Å²) in [5, 5.41) is 6.04. The molecule has 4 rings (SSSR count). The molecule has 2 amide bonds. The van der Waals surface area contributed by atoms with Gasteiger partial charge in [-0.15, -0.1) is 0 Å². The first-order valence-electron chi connectivity index (χ1n) is 10.4. The number of rotatable bonds is 9. The van der Waals surface area contributed by atoms with E-state index in [1.807, 2.05) is 12.1 Å². The van der Waals surface area contributed by atoms with Crippen LogP contribution in [0.4, 0.5) is 0 Å². The number of carbonyl (C=O) groups is 2. The lowest BCUT2D eigenvalue weighted by Gasteiger charge is -2.30. The highest BCUT2D eigenvalue weighted by molar-refractivity contribution is 5.91. The number of hydrogen-bond acceptors (Lipinski definition) is 5. The molecule has 2 fully saturated rings. The Bertz CT molecular complexity index is 806. The molecular formula is C21H28N6O2. The van der Waals surface area contributed by atoms with E-state index in [1.165, 1.54) is 25.4 Å². The zero-order valence-corrected chi connectivity index (χ0v) is 16.5. The van der Waals surface area contributed by atoms with E-state index in [0.29, 0.717) is 25.2 Å².